The van der Waals surface area contributed by atoms with Crippen molar-refractivity contribution in [2.24, 2.45) is 0 Å². The van der Waals surface area contributed by atoms with Gasteiger partial charge in [-0.1, -0.05) is 42.1 Å². The number of hydrogen-bond donors (Lipinski definition) is 1. The van der Waals surface area contributed by atoms with Crippen molar-refractivity contribution >= 4 is 11.8 Å². The van der Waals surface area contributed by atoms with Crippen LogP contribution in [0.25, 0.3) is 0 Å². The summed E-state index contributed by atoms with van der Waals surface area (Å²) in [4.78, 5) is 4.39. The van der Waals surface area contributed by atoms with Crippen LogP contribution >= 0.6 is 11.8 Å². The first kappa shape index (κ1) is 18.5. The summed E-state index contributed by atoms with van der Waals surface area (Å²) in [6, 6.07) is 14.7. The van der Waals surface area contributed by atoms with Gasteiger partial charge in [-0.25, -0.2) is 9.37 Å². The number of aliphatic hydroxyl groups excluding tert-OH is 1. The molecule has 0 bridgehead atoms. The number of imidazole rings is 1. The first-order chi connectivity index (χ1) is 12.7. The van der Waals surface area contributed by atoms with Gasteiger partial charge >= 0.3 is 0 Å². The van der Waals surface area contributed by atoms with E-state index in [0.717, 1.165) is 23.0 Å². The number of thioether (sulfide) groups is 1. The molecule has 2 aromatic carbocycles. The van der Waals surface area contributed by atoms with Gasteiger partial charge in [0.25, 0.3) is 0 Å². The maximum absolute atomic E-state index is 13.8. The topological polar surface area (TPSA) is 47.3 Å². The molecule has 1 heterocycles. The molecule has 1 aromatic heterocycles. The number of rotatable bonds is 8. The highest BCUT2D eigenvalue weighted by Gasteiger charge is 2.11. The number of nitrogens with zero attached hydrogens (tertiary/aromatic N) is 2. The van der Waals surface area contributed by atoms with Crippen molar-refractivity contribution < 1.29 is 14.2 Å². The van der Waals surface area contributed by atoms with Gasteiger partial charge in [-0.3, -0.25) is 0 Å². The molecule has 0 spiro atoms. The zero-order valence-corrected chi connectivity index (χ0v) is 15.4. The summed E-state index contributed by atoms with van der Waals surface area (Å²) in [6.45, 7) is 0.623. The molecule has 0 unspecified atom stereocenters. The molecule has 0 radical (unpaired) electrons. The van der Waals surface area contributed by atoms with Crippen LogP contribution in [-0.2, 0) is 25.3 Å². The van der Waals surface area contributed by atoms with Gasteiger partial charge in [0.2, 0.25) is 0 Å². The fourth-order valence-electron chi connectivity index (χ4n) is 2.66. The molecule has 0 saturated carbocycles. The Morgan fingerprint density at radius 1 is 1.15 bits per heavy atom. The minimum Gasteiger partial charge on any atom is -0.497 e. The summed E-state index contributed by atoms with van der Waals surface area (Å²) in [5, 5.41) is 10.4. The van der Waals surface area contributed by atoms with Gasteiger partial charge in [-0.05, 0) is 35.7 Å². The molecule has 0 amide bonds. The predicted octanol–water partition coefficient (Wildman–Crippen LogP) is 4.06. The summed E-state index contributed by atoms with van der Waals surface area (Å²) < 4.78 is 21.0. The molecule has 6 heteroatoms. The largest absolute Gasteiger partial charge is 0.497 e. The number of halogens is 1. The maximum Gasteiger partial charge on any atom is 0.168 e. The lowest BCUT2D eigenvalue weighted by Crippen LogP contribution is -2.07. The standard InChI is InChI=1S/C20H21FN2O2S/c1-25-18-8-6-15(7-9-18)10-11-23-17(13-24)12-22-20(23)26-14-16-4-2-3-5-19(16)21/h2-9,12,24H,10-11,13-14H2,1H3. The lowest BCUT2D eigenvalue weighted by molar-refractivity contribution is 0.269. The molecule has 4 nitrogen and oxygen atoms in total. The maximum atomic E-state index is 13.8. The number of ether oxygens (including phenoxy) is 1. The predicted molar refractivity (Wildman–Crippen MR) is 101 cm³/mol. The third-order valence-corrected chi connectivity index (χ3v) is 5.20. The van der Waals surface area contributed by atoms with Crippen molar-refractivity contribution in [3.8, 4) is 5.75 Å². The minimum atomic E-state index is -0.210. The second-order valence-corrected chi connectivity index (χ2v) is 6.76. The molecule has 0 fully saturated rings. The van der Waals surface area contributed by atoms with E-state index < -0.39 is 0 Å². The van der Waals surface area contributed by atoms with Crippen molar-refractivity contribution in [1.82, 2.24) is 9.55 Å². The van der Waals surface area contributed by atoms with Gasteiger partial charge in [0.1, 0.15) is 11.6 Å². The molecule has 1 N–H and O–H groups in total. The highest BCUT2D eigenvalue weighted by molar-refractivity contribution is 7.98. The van der Waals surface area contributed by atoms with Crippen molar-refractivity contribution in [2.45, 2.75) is 30.5 Å². The smallest absolute Gasteiger partial charge is 0.168 e. The Morgan fingerprint density at radius 3 is 2.62 bits per heavy atom. The van der Waals surface area contributed by atoms with Crippen molar-refractivity contribution in [3.05, 3.63) is 77.4 Å². The molecule has 0 atom stereocenters. The molecular formula is C20H21FN2O2S. The Kier molecular flexibility index (Phi) is 6.30. The first-order valence-corrected chi connectivity index (χ1v) is 9.34. The minimum absolute atomic E-state index is 0.0735. The van der Waals surface area contributed by atoms with Crippen LogP contribution in [0.4, 0.5) is 4.39 Å². The summed E-state index contributed by atoms with van der Waals surface area (Å²) in [5.41, 5.74) is 2.58. The Balaban J connectivity index is 1.69. The second kappa shape index (κ2) is 8.87. The van der Waals surface area contributed by atoms with E-state index in [-0.39, 0.29) is 12.4 Å². The number of aliphatic hydroxyl groups is 1. The molecule has 26 heavy (non-hydrogen) atoms. The Bertz CT molecular complexity index is 849. The van der Waals surface area contributed by atoms with Crippen molar-refractivity contribution in [1.29, 1.82) is 0 Å². The van der Waals surface area contributed by atoms with E-state index in [0.29, 0.717) is 17.9 Å². The van der Waals surface area contributed by atoms with Crippen LogP contribution in [0.1, 0.15) is 16.8 Å². The average Bonchev–Trinajstić information content (AvgIpc) is 3.08. The summed E-state index contributed by atoms with van der Waals surface area (Å²) in [7, 11) is 1.65. The molecule has 0 aliphatic rings. The Labute approximate surface area is 156 Å². The van der Waals surface area contributed by atoms with E-state index in [9.17, 15) is 9.50 Å². The third kappa shape index (κ3) is 4.45. The molecule has 0 saturated heterocycles. The molecular weight excluding hydrogens is 351 g/mol. The van der Waals surface area contributed by atoms with Gasteiger partial charge < -0.3 is 14.4 Å². The van der Waals surface area contributed by atoms with Crippen molar-refractivity contribution in [2.75, 3.05) is 7.11 Å². The number of methoxy groups -OCH3 is 1. The van der Waals surface area contributed by atoms with E-state index in [1.807, 2.05) is 34.9 Å². The van der Waals surface area contributed by atoms with Gasteiger partial charge in [0.15, 0.2) is 5.16 Å². The zero-order chi connectivity index (χ0) is 18.4. The monoisotopic (exact) mass is 372 g/mol. The quantitative estimate of drug-likeness (QED) is 0.606. The fourth-order valence-corrected chi connectivity index (χ4v) is 3.67. The van der Waals surface area contributed by atoms with Crippen LogP contribution in [0.2, 0.25) is 0 Å². The number of aromatic nitrogens is 2. The SMILES string of the molecule is COc1ccc(CCn2c(CO)cnc2SCc2ccccc2F)cc1. The number of hydrogen-bond acceptors (Lipinski definition) is 4. The van der Waals surface area contributed by atoms with Gasteiger partial charge in [0.05, 0.1) is 25.6 Å². The Hall–Kier alpha value is -2.31. The number of benzene rings is 2. The van der Waals surface area contributed by atoms with Crippen LogP contribution in [0.15, 0.2) is 59.9 Å². The lowest BCUT2D eigenvalue weighted by Gasteiger charge is -2.11. The van der Waals surface area contributed by atoms with Crippen LogP contribution in [-0.4, -0.2) is 21.8 Å². The molecule has 0 aliphatic carbocycles. The Morgan fingerprint density at radius 2 is 1.92 bits per heavy atom. The average molecular weight is 372 g/mol. The second-order valence-electron chi connectivity index (χ2n) is 5.82. The molecule has 136 valence electrons. The van der Waals surface area contributed by atoms with Gasteiger partial charge in [0, 0.05) is 12.3 Å². The fraction of sp³-hybridized carbons (Fsp3) is 0.250. The molecule has 3 rings (SSSR count). The van der Waals surface area contributed by atoms with E-state index in [1.165, 1.54) is 23.4 Å². The van der Waals surface area contributed by atoms with Gasteiger partial charge in [-0.15, -0.1) is 0 Å². The highest BCUT2D eigenvalue weighted by Crippen LogP contribution is 2.25. The highest BCUT2D eigenvalue weighted by atomic mass is 32.2. The lowest BCUT2D eigenvalue weighted by atomic mass is 10.1. The summed E-state index contributed by atoms with van der Waals surface area (Å²) in [6.07, 6.45) is 2.48. The van der Waals surface area contributed by atoms with E-state index in [1.54, 1.807) is 25.4 Å². The van der Waals surface area contributed by atoms with Crippen LogP contribution in [0.5, 0.6) is 5.75 Å². The number of aryl methyl sites for hydroxylation is 1. The molecule has 3 aromatic rings. The van der Waals surface area contributed by atoms with Crippen LogP contribution in [0, 0.1) is 5.82 Å². The van der Waals surface area contributed by atoms with Crippen molar-refractivity contribution in [3.63, 3.8) is 0 Å². The summed E-state index contributed by atoms with van der Waals surface area (Å²) in [5.74, 6) is 1.11. The normalized spacial score (nSPS) is 10.9. The van der Waals surface area contributed by atoms with E-state index in [4.69, 9.17) is 4.74 Å². The van der Waals surface area contributed by atoms with Crippen LogP contribution < -0.4 is 4.74 Å². The van der Waals surface area contributed by atoms with Crippen LogP contribution in [0.3, 0.4) is 0 Å². The zero-order valence-electron chi connectivity index (χ0n) is 14.6. The third-order valence-electron chi connectivity index (χ3n) is 4.16. The molecule has 0 aliphatic heterocycles. The van der Waals surface area contributed by atoms with E-state index >= 15 is 0 Å². The first-order valence-electron chi connectivity index (χ1n) is 8.35. The van der Waals surface area contributed by atoms with Gasteiger partial charge in [-0.2, -0.15) is 0 Å². The van der Waals surface area contributed by atoms with E-state index in [2.05, 4.69) is 4.98 Å². The summed E-state index contributed by atoms with van der Waals surface area (Å²) >= 11 is 1.47.